The number of nitrogens with one attached hydrogen (secondary N) is 1. The van der Waals surface area contributed by atoms with Gasteiger partial charge in [0, 0.05) is 0 Å². The van der Waals surface area contributed by atoms with E-state index in [1.165, 1.54) is 5.57 Å². The second-order valence-corrected chi connectivity index (χ2v) is 1.61. The molecule has 0 atom stereocenters. The summed E-state index contributed by atoms with van der Waals surface area (Å²) in [5.41, 5.74) is 1.32. The van der Waals surface area contributed by atoms with Crippen LogP contribution in [0.15, 0.2) is 11.6 Å². The van der Waals surface area contributed by atoms with Gasteiger partial charge in [0.1, 0.15) is 0 Å². The fraction of sp³-hybridized carbons (Fsp3) is 0.400. The van der Waals surface area contributed by atoms with E-state index in [2.05, 4.69) is 18.9 Å². The van der Waals surface area contributed by atoms with Gasteiger partial charge in [-0.15, -0.1) is 0 Å². The first kappa shape index (κ1) is 4.79. The van der Waals surface area contributed by atoms with Crippen molar-refractivity contribution in [1.29, 1.82) is 0 Å². The molecule has 1 heterocycles. The Morgan fingerprint density at radius 2 is 2.71 bits per heavy atom. The van der Waals surface area contributed by atoms with E-state index >= 15 is 0 Å². The predicted molar refractivity (Wildman–Crippen MR) is 34.2 cm³/mol. The van der Waals surface area contributed by atoms with Crippen LogP contribution in [-0.4, -0.2) is 26.5 Å². The van der Waals surface area contributed by atoms with Crippen LogP contribution < -0.4 is 5.32 Å². The van der Waals surface area contributed by atoms with Crippen LogP contribution in [0.5, 0.6) is 0 Å². The zero-order valence-corrected chi connectivity index (χ0v) is 4.28. The molecule has 1 N–H and O–H groups in total. The molecule has 2 heteroatoms. The Morgan fingerprint density at radius 3 is 3.00 bits per heavy atom. The first-order valence-corrected chi connectivity index (χ1v) is 2.45. The molecule has 0 spiro atoms. The van der Waals surface area contributed by atoms with Gasteiger partial charge in [-0.05, 0) is 0 Å². The van der Waals surface area contributed by atoms with E-state index in [9.17, 15) is 0 Å². The molecule has 7 heavy (non-hydrogen) atoms. The molecule has 0 saturated heterocycles. The molecule has 36 valence electrons. The van der Waals surface area contributed by atoms with E-state index in [0.717, 1.165) is 13.1 Å². The summed E-state index contributed by atoms with van der Waals surface area (Å²) in [5.74, 6) is 1.89. The van der Waals surface area contributed by atoms with E-state index in [1.54, 1.807) is 0 Å². The van der Waals surface area contributed by atoms with Crippen LogP contribution in [0.2, 0.25) is 0 Å². The summed E-state index contributed by atoms with van der Waals surface area (Å²) in [6.45, 7) is 2.02. The quantitative estimate of drug-likeness (QED) is 0.419. The van der Waals surface area contributed by atoms with E-state index in [0.29, 0.717) is 0 Å². The van der Waals surface area contributed by atoms with Crippen molar-refractivity contribution in [3.63, 3.8) is 0 Å². The Morgan fingerprint density at radius 1 is 1.86 bits per heavy atom. The standard InChI is InChI=1S/C5H8BN/c6-3-5-1-2-7-4-5/h1,3,6-7H,2,4H2. The molecule has 0 fully saturated rings. The van der Waals surface area contributed by atoms with Gasteiger partial charge >= 0.3 is 43.5 Å². The van der Waals surface area contributed by atoms with Crippen molar-refractivity contribution in [2.24, 2.45) is 0 Å². The molecule has 0 aromatic rings. The summed E-state index contributed by atoms with van der Waals surface area (Å²) in [6, 6.07) is 0. The summed E-state index contributed by atoms with van der Waals surface area (Å²) in [7, 11) is 3.63. The molecule has 0 aromatic carbocycles. The van der Waals surface area contributed by atoms with E-state index < -0.39 is 0 Å². The average molecular weight is 92.9 g/mol. The Bertz CT molecular complexity index is 107. The van der Waals surface area contributed by atoms with Crippen LogP contribution in [0, 0.1) is 0 Å². The topological polar surface area (TPSA) is 12.0 Å². The fourth-order valence-electron chi connectivity index (χ4n) is 0.647. The van der Waals surface area contributed by atoms with E-state index in [1.807, 2.05) is 5.97 Å². The molecule has 0 saturated carbocycles. The van der Waals surface area contributed by atoms with Gasteiger partial charge in [-0.25, -0.2) is 0 Å². The summed E-state index contributed by atoms with van der Waals surface area (Å²) in [6.07, 6.45) is 2.15. The Hall–Kier alpha value is -0.365. The number of hydrogen-bond acceptors (Lipinski definition) is 1. The van der Waals surface area contributed by atoms with Crippen LogP contribution in [0.3, 0.4) is 0 Å². The molecule has 0 aliphatic carbocycles. The molecule has 0 amide bonds. The van der Waals surface area contributed by atoms with Crippen molar-refractivity contribution in [3.8, 4) is 0 Å². The molecule has 0 unspecified atom stereocenters. The molecule has 1 nitrogen and oxygen atoms in total. The van der Waals surface area contributed by atoms with E-state index in [-0.39, 0.29) is 0 Å². The van der Waals surface area contributed by atoms with Crippen molar-refractivity contribution in [2.75, 3.05) is 13.1 Å². The maximum absolute atomic E-state index is 3.63. The number of hydrogen-bond donors (Lipinski definition) is 1. The Labute approximate surface area is 44.5 Å². The van der Waals surface area contributed by atoms with Crippen LogP contribution in [0.4, 0.5) is 0 Å². The van der Waals surface area contributed by atoms with Crippen molar-refractivity contribution in [3.05, 3.63) is 11.6 Å². The minimum atomic E-state index is 1.00. The first-order valence-electron chi connectivity index (χ1n) is 2.45. The van der Waals surface area contributed by atoms with Crippen LogP contribution in [0.1, 0.15) is 0 Å². The van der Waals surface area contributed by atoms with Gasteiger partial charge < -0.3 is 0 Å². The van der Waals surface area contributed by atoms with Gasteiger partial charge in [0.05, 0.1) is 0 Å². The third-order valence-corrected chi connectivity index (χ3v) is 1.10. The molecule has 0 radical (unpaired) electrons. The maximum atomic E-state index is 3.63. The average Bonchev–Trinajstić information content (AvgIpc) is 2.14. The third kappa shape index (κ3) is 0.999. The molecule has 0 aromatic heterocycles. The summed E-state index contributed by atoms with van der Waals surface area (Å²) >= 11 is 0. The van der Waals surface area contributed by atoms with Crippen LogP contribution in [0.25, 0.3) is 0 Å². The van der Waals surface area contributed by atoms with E-state index in [4.69, 9.17) is 0 Å². The molecular weight excluding hydrogens is 84.9 g/mol. The Balaban J connectivity index is 2.51. The SMILES string of the molecule is B=CC1=CCNC1. The van der Waals surface area contributed by atoms with Crippen molar-refractivity contribution in [1.82, 2.24) is 5.32 Å². The van der Waals surface area contributed by atoms with Crippen molar-refractivity contribution in [2.45, 2.75) is 0 Å². The van der Waals surface area contributed by atoms with Gasteiger partial charge in [0.2, 0.25) is 0 Å². The number of rotatable bonds is 1. The summed E-state index contributed by atoms with van der Waals surface area (Å²) < 4.78 is 0. The zero-order chi connectivity index (χ0) is 5.11. The van der Waals surface area contributed by atoms with Gasteiger partial charge in [0.25, 0.3) is 0 Å². The third-order valence-electron chi connectivity index (χ3n) is 1.10. The van der Waals surface area contributed by atoms with Gasteiger partial charge in [-0.3, -0.25) is 0 Å². The molecule has 1 rings (SSSR count). The molecule has 0 bridgehead atoms. The normalized spacial score (nSPS) is 19.0. The molecule has 1 aliphatic rings. The van der Waals surface area contributed by atoms with Gasteiger partial charge in [0.15, 0.2) is 0 Å². The van der Waals surface area contributed by atoms with Crippen molar-refractivity contribution < 1.29 is 0 Å². The molecule has 1 aliphatic heterocycles. The van der Waals surface area contributed by atoms with Gasteiger partial charge in [-0.1, -0.05) is 0 Å². The van der Waals surface area contributed by atoms with Crippen molar-refractivity contribution >= 4 is 13.5 Å². The predicted octanol–water partition coefficient (Wildman–Crippen LogP) is -0.781. The summed E-state index contributed by atoms with van der Waals surface area (Å²) in [5, 5.41) is 3.16. The minimum absolute atomic E-state index is 1.00. The fourth-order valence-corrected chi connectivity index (χ4v) is 0.647. The monoisotopic (exact) mass is 93.1 g/mol. The second kappa shape index (κ2) is 2.08. The van der Waals surface area contributed by atoms with Crippen LogP contribution >= 0.6 is 0 Å². The molecular formula is C5H8BN. The van der Waals surface area contributed by atoms with Crippen LogP contribution in [-0.2, 0) is 0 Å². The first-order chi connectivity index (χ1) is 3.43. The van der Waals surface area contributed by atoms with Gasteiger partial charge in [-0.2, -0.15) is 0 Å². The Kier molecular flexibility index (Phi) is 1.42. The second-order valence-electron chi connectivity index (χ2n) is 1.61. The zero-order valence-electron chi connectivity index (χ0n) is 4.28. The summed E-state index contributed by atoms with van der Waals surface area (Å²) in [4.78, 5) is 0.